The van der Waals surface area contributed by atoms with Crippen molar-refractivity contribution in [2.24, 2.45) is 0 Å². The van der Waals surface area contributed by atoms with Crippen molar-refractivity contribution in [2.75, 3.05) is 0 Å². The Morgan fingerprint density at radius 3 is 1.85 bits per heavy atom. The molecule has 3 aromatic heterocycles. The van der Waals surface area contributed by atoms with Gasteiger partial charge in [0.1, 0.15) is 0 Å². The number of hydrogen-bond donors (Lipinski definition) is 0. The van der Waals surface area contributed by atoms with Crippen LogP contribution in [0.3, 0.4) is 0 Å². The van der Waals surface area contributed by atoms with Crippen LogP contribution in [0.4, 0.5) is 0 Å². The summed E-state index contributed by atoms with van der Waals surface area (Å²) in [5.41, 5.74) is 7.51. The first kappa shape index (κ1) is 23.4. The van der Waals surface area contributed by atoms with Crippen molar-refractivity contribution in [3.63, 3.8) is 0 Å². The summed E-state index contributed by atoms with van der Waals surface area (Å²) in [5.74, 6) is 2.00. The van der Waals surface area contributed by atoms with E-state index in [1.165, 1.54) is 25.9 Å². The largest absolute Gasteiger partial charge is 0.255 e. The van der Waals surface area contributed by atoms with Crippen LogP contribution in [0.5, 0.6) is 0 Å². The molecule has 0 atom stereocenters. The summed E-state index contributed by atoms with van der Waals surface area (Å²) in [7, 11) is 0. The van der Waals surface area contributed by atoms with Gasteiger partial charge < -0.3 is 0 Å². The number of aryl methyl sites for hydroxylation is 1. The van der Waals surface area contributed by atoms with Crippen LogP contribution in [0.15, 0.2) is 115 Å². The number of fused-ring (bicyclic) bond motifs is 3. The Balaban J connectivity index is 1.44. The Hall–Kier alpha value is -4.74. The number of hydrogen-bond acceptors (Lipinski definition) is 5. The minimum atomic E-state index is 0.665. The summed E-state index contributed by atoms with van der Waals surface area (Å²) in [6.45, 7) is 2.18. The highest BCUT2D eigenvalue weighted by molar-refractivity contribution is 7.26. The molecule has 3 heterocycles. The normalized spacial score (nSPS) is 11.3. The van der Waals surface area contributed by atoms with Gasteiger partial charge in [-0.25, -0.2) is 15.0 Å². The second kappa shape index (κ2) is 9.86. The van der Waals surface area contributed by atoms with Crippen molar-refractivity contribution in [1.82, 2.24) is 19.9 Å². The lowest BCUT2D eigenvalue weighted by atomic mass is 9.98. The van der Waals surface area contributed by atoms with Gasteiger partial charge in [-0.05, 0) is 41.8 Å². The topological polar surface area (TPSA) is 51.6 Å². The molecule has 0 saturated carbocycles. The summed E-state index contributed by atoms with van der Waals surface area (Å²) in [6.07, 6.45) is 2.82. The Bertz CT molecular complexity index is 1890. The summed E-state index contributed by atoms with van der Waals surface area (Å²) in [5, 5.41) is 1.20. The first-order valence-electron chi connectivity index (χ1n) is 13.0. The number of thiophene rings is 1. The van der Waals surface area contributed by atoms with Crippen molar-refractivity contribution in [3.8, 4) is 45.3 Å². The van der Waals surface area contributed by atoms with E-state index < -0.39 is 0 Å². The summed E-state index contributed by atoms with van der Waals surface area (Å²) in [6, 6.07) is 37.5. The predicted octanol–water partition coefficient (Wildman–Crippen LogP) is 8.86. The van der Waals surface area contributed by atoms with Crippen LogP contribution in [0.2, 0.25) is 0 Å². The molecule has 0 radical (unpaired) electrons. The number of aromatic nitrogens is 4. The van der Waals surface area contributed by atoms with Gasteiger partial charge in [0.25, 0.3) is 0 Å². The van der Waals surface area contributed by atoms with Gasteiger partial charge in [0.2, 0.25) is 0 Å². The number of nitrogens with zero attached hydrogens (tertiary/aromatic N) is 4. The molecule has 0 aliphatic rings. The van der Waals surface area contributed by atoms with Gasteiger partial charge in [-0.1, -0.05) is 91.9 Å². The minimum Gasteiger partial charge on any atom is -0.255 e. The average Bonchev–Trinajstić information content (AvgIpc) is 3.40. The van der Waals surface area contributed by atoms with E-state index in [4.69, 9.17) is 19.9 Å². The molecule has 7 aromatic rings. The standard InChI is InChI=1S/C34H24N4S/c1-2-22-19-25(27-17-18-35-30-28-15-9-10-16-29(28)39-31(27)30)21-26(20-22)34-37-32(23-11-5-3-6-12-23)36-33(38-34)24-13-7-4-8-14-24/h3-21H,2H2,1H3. The minimum absolute atomic E-state index is 0.665. The molecule has 0 amide bonds. The molecule has 0 saturated heterocycles. The Labute approximate surface area is 230 Å². The SMILES string of the molecule is CCc1cc(-c2nc(-c3ccccc3)nc(-c3ccccc3)n2)cc(-c2ccnc3c2sc2ccccc23)c1. The van der Waals surface area contributed by atoms with Gasteiger partial charge in [0.15, 0.2) is 17.5 Å². The van der Waals surface area contributed by atoms with Gasteiger partial charge in [0.05, 0.1) is 10.2 Å². The van der Waals surface area contributed by atoms with Crippen LogP contribution >= 0.6 is 11.3 Å². The summed E-state index contributed by atoms with van der Waals surface area (Å²) >= 11 is 1.79. The molecule has 0 aliphatic heterocycles. The van der Waals surface area contributed by atoms with Crippen molar-refractivity contribution in [2.45, 2.75) is 13.3 Å². The van der Waals surface area contributed by atoms with E-state index in [9.17, 15) is 0 Å². The van der Waals surface area contributed by atoms with Crippen molar-refractivity contribution in [3.05, 3.63) is 121 Å². The summed E-state index contributed by atoms with van der Waals surface area (Å²) < 4.78 is 2.44. The van der Waals surface area contributed by atoms with Crippen LogP contribution in [0.25, 0.3) is 65.6 Å². The number of benzene rings is 4. The maximum atomic E-state index is 4.97. The smallest absolute Gasteiger partial charge is 0.164 e. The molecular formula is C34H24N4S. The highest BCUT2D eigenvalue weighted by atomic mass is 32.1. The van der Waals surface area contributed by atoms with E-state index in [1.807, 2.05) is 66.9 Å². The lowest BCUT2D eigenvalue weighted by molar-refractivity contribution is 1.07. The quantitative estimate of drug-likeness (QED) is 0.227. The first-order chi connectivity index (χ1) is 19.3. The fourth-order valence-electron chi connectivity index (χ4n) is 4.95. The van der Waals surface area contributed by atoms with Crippen molar-refractivity contribution >= 4 is 31.6 Å². The van der Waals surface area contributed by atoms with Gasteiger partial charge in [-0.2, -0.15) is 0 Å². The molecule has 4 aromatic carbocycles. The van der Waals surface area contributed by atoms with Crippen LogP contribution in [-0.4, -0.2) is 19.9 Å². The fraction of sp³-hybridized carbons (Fsp3) is 0.0588. The molecule has 0 bridgehead atoms. The van der Waals surface area contributed by atoms with Gasteiger partial charge in [-0.15, -0.1) is 11.3 Å². The molecule has 0 aliphatic carbocycles. The van der Waals surface area contributed by atoms with Crippen molar-refractivity contribution in [1.29, 1.82) is 0 Å². The number of rotatable bonds is 5. The van der Waals surface area contributed by atoms with E-state index in [0.717, 1.165) is 34.2 Å². The van der Waals surface area contributed by atoms with Gasteiger partial charge in [-0.3, -0.25) is 4.98 Å². The molecule has 5 heteroatoms. The van der Waals surface area contributed by atoms with Crippen LogP contribution in [-0.2, 0) is 6.42 Å². The van der Waals surface area contributed by atoms with Crippen LogP contribution < -0.4 is 0 Å². The van der Waals surface area contributed by atoms with E-state index >= 15 is 0 Å². The molecule has 186 valence electrons. The highest BCUT2D eigenvalue weighted by Gasteiger charge is 2.16. The second-order valence-corrected chi connectivity index (χ2v) is 10.5. The third kappa shape index (κ3) is 4.37. The Kier molecular flexibility index (Phi) is 5.91. The molecule has 0 N–H and O–H groups in total. The zero-order valence-corrected chi connectivity index (χ0v) is 22.2. The highest BCUT2D eigenvalue weighted by Crippen LogP contribution is 2.39. The zero-order chi connectivity index (χ0) is 26.2. The van der Waals surface area contributed by atoms with Gasteiger partial charge in [0, 0.05) is 38.5 Å². The Morgan fingerprint density at radius 1 is 0.590 bits per heavy atom. The maximum Gasteiger partial charge on any atom is 0.164 e. The molecule has 0 spiro atoms. The van der Waals surface area contributed by atoms with Crippen LogP contribution in [0, 0.1) is 0 Å². The first-order valence-corrected chi connectivity index (χ1v) is 13.9. The number of pyridine rings is 1. The molecule has 0 fully saturated rings. The Morgan fingerprint density at radius 2 is 1.18 bits per heavy atom. The fourth-order valence-corrected chi connectivity index (χ4v) is 6.15. The maximum absolute atomic E-state index is 4.97. The van der Waals surface area contributed by atoms with Crippen LogP contribution in [0.1, 0.15) is 12.5 Å². The zero-order valence-electron chi connectivity index (χ0n) is 21.4. The molecule has 7 rings (SSSR count). The molecular weight excluding hydrogens is 496 g/mol. The van der Waals surface area contributed by atoms with Crippen molar-refractivity contribution < 1.29 is 0 Å². The van der Waals surface area contributed by atoms with E-state index in [1.54, 1.807) is 11.3 Å². The molecule has 0 unspecified atom stereocenters. The monoisotopic (exact) mass is 520 g/mol. The van der Waals surface area contributed by atoms with E-state index in [-0.39, 0.29) is 0 Å². The van der Waals surface area contributed by atoms with E-state index in [0.29, 0.717) is 17.5 Å². The average molecular weight is 521 g/mol. The summed E-state index contributed by atoms with van der Waals surface area (Å²) in [4.78, 5) is 19.6. The third-order valence-electron chi connectivity index (χ3n) is 6.93. The molecule has 4 nitrogen and oxygen atoms in total. The second-order valence-electron chi connectivity index (χ2n) is 9.44. The lowest BCUT2D eigenvalue weighted by Crippen LogP contribution is -2.00. The van der Waals surface area contributed by atoms with E-state index in [2.05, 4.69) is 55.5 Å². The lowest BCUT2D eigenvalue weighted by Gasteiger charge is -2.12. The van der Waals surface area contributed by atoms with Gasteiger partial charge >= 0.3 is 0 Å². The predicted molar refractivity (Wildman–Crippen MR) is 162 cm³/mol. The molecule has 39 heavy (non-hydrogen) atoms. The third-order valence-corrected chi connectivity index (χ3v) is 8.12.